The number of esters is 1. The van der Waals surface area contributed by atoms with E-state index in [2.05, 4.69) is 40.1 Å². The Morgan fingerprint density at radius 1 is 1.00 bits per heavy atom. The molecule has 3 aliphatic rings. The van der Waals surface area contributed by atoms with Crippen LogP contribution < -0.4 is 19.5 Å². The number of amides is 1. The SMILES string of the molecule is CCOC(=O)c1ccc(N2N=C(C)[C@]3(Cc4ccccc4N4CCN(c5ccc(OC)cc5)C[C@@H]43)C2=O)cc1. The Balaban J connectivity index is 1.36. The van der Waals surface area contributed by atoms with Crippen LogP contribution in [0, 0.1) is 5.41 Å². The minimum atomic E-state index is -0.806. The van der Waals surface area contributed by atoms with E-state index < -0.39 is 5.41 Å². The van der Waals surface area contributed by atoms with Gasteiger partial charge in [0.15, 0.2) is 0 Å². The number of rotatable bonds is 5. The quantitative estimate of drug-likeness (QED) is 0.457. The van der Waals surface area contributed by atoms with Gasteiger partial charge in [-0.2, -0.15) is 10.1 Å². The molecule has 0 radical (unpaired) electrons. The number of hydrogen-bond donors (Lipinski definition) is 0. The Morgan fingerprint density at radius 3 is 2.44 bits per heavy atom. The third-order valence-electron chi connectivity index (χ3n) is 8.25. The van der Waals surface area contributed by atoms with Crippen molar-refractivity contribution in [3.8, 4) is 5.75 Å². The minimum Gasteiger partial charge on any atom is -0.497 e. The molecule has 1 saturated heterocycles. The molecule has 3 aromatic rings. The van der Waals surface area contributed by atoms with Crippen molar-refractivity contribution in [1.29, 1.82) is 0 Å². The van der Waals surface area contributed by atoms with E-state index in [1.54, 1.807) is 38.3 Å². The van der Waals surface area contributed by atoms with Crippen molar-refractivity contribution in [2.24, 2.45) is 10.5 Å². The number of hydrogen-bond acceptors (Lipinski definition) is 7. The first-order chi connectivity index (χ1) is 19.0. The Morgan fingerprint density at radius 2 is 1.72 bits per heavy atom. The van der Waals surface area contributed by atoms with E-state index in [0.717, 1.165) is 35.8 Å². The molecule has 3 heterocycles. The van der Waals surface area contributed by atoms with Crippen LogP contribution in [0.4, 0.5) is 17.1 Å². The van der Waals surface area contributed by atoms with Crippen LogP contribution in [0.3, 0.4) is 0 Å². The van der Waals surface area contributed by atoms with Gasteiger partial charge in [0.05, 0.1) is 36.7 Å². The summed E-state index contributed by atoms with van der Waals surface area (Å²) in [6, 6.07) is 23.3. The first-order valence-electron chi connectivity index (χ1n) is 13.4. The lowest BCUT2D eigenvalue weighted by molar-refractivity contribution is -0.125. The zero-order valence-electron chi connectivity index (χ0n) is 22.5. The molecule has 3 aromatic carbocycles. The summed E-state index contributed by atoms with van der Waals surface area (Å²) in [6.45, 7) is 6.39. The monoisotopic (exact) mass is 524 g/mol. The summed E-state index contributed by atoms with van der Waals surface area (Å²) in [6.07, 6.45) is 0.590. The molecule has 0 bridgehead atoms. The number of benzene rings is 3. The number of carbonyl (C=O) groups is 2. The number of anilines is 3. The second-order valence-corrected chi connectivity index (χ2v) is 10.2. The van der Waals surface area contributed by atoms with Crippen LogP contribution in [0.15, 0.2) is 77.9 Å². The molecular formula is C31H32N4O4. The Labute approximate surface area is 228 Å². The fourth-order valence-electron chi connectivity index (χ4n) is 6.22. The van der Waals surface area contributed by atoms with Crippen molar-refractivity contribution >= 4 is 34.7 Å². The molecule has 8 heteroatoms. The number of para-hydroxylation sites is 1. The maximum atomic E-state index is 14.5. The van der Waals surface area contributed by atoms with Gasteiger partial charge in [0, 0.05) is 31.0 Å². The Hall–Kier alpha value is -4.33. The third-order valence-corrected chi connectivity index (χ3v) is 8.25. The number of methoxy groups -OCH3 is 1. The largest absolute Gasteiger partial charge is 0.497 e. The zero-order valence-corrected chi connectivity index (χ0v) is 22.5. The first-order valence-corrected chi connectivity index (χ1v) is 13.4. The minimum absolute atomic E-state index is 0.0371. The maximum absolute atomic E-state index is 14.5. The van der Waals surface area contributed by atoms with E-state index in [1.165, 1.54) is 10.7 Å². The highest BCUT2D eigenvalue weighted by Gasteiger charge is 2.59. The fraction of sp³-hybridized carbons (Fsp3) is 0.323. The number of fused-ring (bicyclic) bond motifs is 4. The molecule has 0 N–H and O–H groups in total. The molecule has 0 aromatic heterocycles. The van der Waals surface area contributed by atoms with Crippen molar-refractivity contribution in [2.45, 2.75) is 26.3 Å². The molecule has 200 valence electrons. The van der Waals surface area contributed by atoms with Gasteiger partial charge in [-0.05, 0) is 80.4 Å². The average Bonchev–Trinajstić information content (AvgIpc) is 3.22. The third kappa shape index (κ3) is 4.02. The molecule has 0 aliphatic carbocycles. The number of carbonyl (C=O) groups excluding carboxylic acids is 2. The van der Waals surface area contributed by atoms with Crippen molar-refractivity contribution in [3.05, 3.63) is 83.9 Å². The average molecular weight is 525 g/mol. The molecular weight excluding hydrogens is 492 g/mol. The van der Waals surface area contributed by atoms with Gasteiger partial charge < -0.3 is 19.3 Å². The lowest BCUT2D eigenvalue weighted by Gasteiger charge is -2.53. The summed E-state index contributed by atoms with van der Waals surface area (Å²) in [5.74, 6) is 0.400. The number of hydrazone groups is 1. The fourth-order valence-corrected chi connectivity index (χ4v) is 6.22. The second-order valence-electron chi connectivity index (χ2n) is 10.2. The summed E-state index contributed by atoms with van der Waals surface area (Å²) in [4.78, 5) is 31.4. The smallest absolute Gasteiger partial charge is 0.338 e. The van der Waals surface area contributed by atoms with Gasteiger partial charge >= 0.3 is 5.97 Å². The van der Waals surface area contributed by atoms with Crippen LogP contribution in [-0.4, -0.2) is 57.0 Å². The highest BCUT2D eigenvalue weighted by molar-refractivity contribution is 6.20. The van der Waals surface area contributed by atoms with Gasteiger partial charge in [0.2, 0.25) is 0 Å². The number of piperazine rings is 1. The molecule has 0 unspecified atom stereocenters. The molecule has 1 spiro atoms. The van der Waals surface area contributed by atoms with Crippen molar-refractivity contribution < 1.29 is 19.1 Å². The van der Waals surface area contributed by atoms with Gasteiger partial charge in [-0.25, -0.2) is 4.79 Å². The maximum Gasteiger partial charge on any atom is 0.338 e. The van der Waals surface area contributed by atoms with E-state index in [4.69, 9.17) is 14.6 Å². The molecule has 1 fully saturated rings. The predicted molar refractivity (Wildman–Crippen MR) is 152 cm³/mol. The van der Waals surface area contributed by atoms with E-state index in [9.17, 15) is 9.59 Å². The molecule has 2 atom stereocenters. The van der Waals surface area contributed by atoms with Crippen LogP contribution in [0.2, 0.25) is 0 Å². The van der Waals surface area contributed by atoms with Crippen LogP contribution in [0.5, 0.6) is 5.75 Å². The van der Waals surface area contributed by atoms with Gasteiger partial charge in [0.1, 0.15) is 11.2 Å². The molecule has 3 aliphatic heterocycles. The molecule has 8 nitrogen and oxygen atoms in total. The standard InChI is InChI=1S/C31H32N4O4/c1-4-39-29(36)22-9-11-25(12-10-22)35-30(37)31(21(2)32-35)19-23-7-5-6-8-27(23)34-18-17-33(20-28(31)34)24-13-15-26(38-3)16-14-24/h5-16,28H,4,17-20H2,1-3H3/t28-,31+/m1/s1. The Kier molecular flexibility index (Phi) is 6.25. The molecule has 6 rings (SSSR count). The van der Waals surface area contributed by atoms with Crippen molar-refractivity contribution in [1.82, 2.24) is 0 Å². The molecule has 1 amide bonds. The van der Waals surface area contributed by atoms with Crippen LogP contribution in [0.25, 0.3) is 0 Å². The van der Waals surface area contributed by atoms with Crippen LogP contribution >= 0.6 is 0 Å². The first kappa shape index (κ1) is 25.0. The zero-order chi connectivity index (χ0) is 27.1. The summed E-state index contributed by atoms with van der Waals surface area (Å²) < 4.78 is 10.5. The van der Waals surface area contributed by atoms with Crippen molar-refractivity contribution in [2.75, 3.05) is 48.2 Å². The lowest BCUT2D eigenvalue weighted by Crippen LogP contribution is -2.67. The highest BCUT2D eigenvalue weighted by atomic mass is 16.5. The summed E-state index contributed by atoms with van der Waals surface area (Å²) in [7, 11) is 1.67. The molecule has 0 saturated carbocycles. The number of ether oxygens (including phenoxy) is 2. The van der Waals surface area contributed by atoms with Gasteiger partial charge in [0.25, 0.3) is 5.91 Å². The van der Waals surface area contributed by atoms with Crippen LogP contribution in [0.1, 0.15) is 29.8 Å². The van der Waals surface area contributed by atoms with E-state index in [0.29, 0.717) is 30.8 Å². The Bertz CT molecular complexity index is 1440. The topological polar surface area (TPSA) is 74.7 Å². The second kappa shape index (κ2) is 9.76. The predicted octanol–water partition coefficient (Wildman–Crippen LogP) is 4.53. The van der Waals surface area contributed by atoms with E-state index >= 15 is 0 Å². The van der Waals surface area contributed by atoms with Gasteiger partial charge in [-0.3, -0.25) is 4.79 Å². The van der Waals surface area contributed by atoms with E-state index in [1.807, 2.05) is 25.1 Å². The number of nitrogens with zero attached hydrogens (tertiary/aromatic N) is 4. The summed E-state index contributed by atoms with van der Waals surface area (Å²) >= 11 is 0. The molecule has 39 heavy (non-hydrogen) atoms. The van der Waals surface area contributed by atoms with Gasteiger partial charge in [-0.15, -0.1) is 0 Å². The highest BCUT2D eigenvalue weighted by Crippen LogP contribution is 2.48. The summed E-state index contributed by atoms with van der Waals surface area (Å²) in [5.41, 5.74) is 4.55. The van der Waals surface area contributed by atoms with E-state index in [-0.39, 0.29) is 17.9 Å². The van der Waals surface area contributed by atoms with Crippen molar-refractivity contribution in [3.63, 3.8) is 0 Å². The summed E-state index contributed by atoms with van der Waals surface area (Å²) in [5, 5.41) is 6.35. The normalized spacial score (nSPS) is 21.9. The lowest BCUT2D eigenvalue weighted by atomic mass is 9.67. The van der Waals surface area contributed by atoms with Crippen LogP contribution in [-0.2, 0) is 16.0 Å². The van der Waals surface area contributed by atoms with Gasteiger partial charge in [-0.1, -0.05) is 18.2 Å².